The minimum Gasteiger partial charge on any atom is -0.481 e. The van der Waals surface area contributed by atoms with E-state index in [0.717, 1.165) is 0 Å². The Balaban J connectivity index is 2.30. The maximum Gasteiger partial charge on any atom is 0.305 e. The maximum atomic E-state index is 13.1. The molecular weight excluding hydrogens is 464 g/mol. The van der Waals surface area contributed by atoms with Crippen molar-refractivity contribution in [2.75, 3.05) is 19.6 Å². The smallest absolute Gasteiger partial charge is 0.305 e. The quantitative estimate of drug-likeness (QED) is 0.103. The molecule has 0 unspecified atom stereocenters. The summed E-state index contributed by atoms with van der Waals surface area (Å²) in [4.78, 5) is 79.7. The molecule has 194 valence electrons. The molecule has 2 bridgehead atoms. The fourth-order valence-electron chi connectivity index (χ4n) is 3.93. The van der Waals surface area contributed by atoms with E-state index in [-0.39, 0.29) is 44.2 Å². The van der Waals surface area contributed by atoms with Crippen LogP contribution in [0.15, 0.2) is 4.99 Å². The van der Waals surface area contributed by atoms with Crippen molar-refractivity contribution in [2.24, 2.45) is 16.5 Å². The molecule has 15 nitrogen and oxygen atoms in total. The lowest BCUT2D eigenvalue weighted by atomic mass is 10.1. The fraction of sp³-hybridized carbons (Fsp3) is 0.650. The summed E-state index contributed by atoms with van der Waals surface area (Å²) in [5.74, 6) is -4.57. The Morgan fingerprint density at radius 3 is 2.40 bits per heavy atom. The highest BCUT2D eigenvalue weighted by molar-refractivity contribution is 5.96. The van der Waals surface area contributed by atoms with Crippen LogP contribution in [0.25, 0.3) is 0 Å². The van der Waals surface area contributed by atoms with E-state index < -0.39 is 66.7 Å². The Bertz CT molecular complexity index is 889. The summed E-state index contributed by atoms with van der Waals surface area (Å²) >= 11 is 0. The molecule has 5 amide bonds. The van der Waals surface area contributed by atoms with Gasteiger partial charge < -0.3 is 42.7 Å². The van der Waals surface area contributed by atoms with Crippen LogP contribution < -0.4 is 32.7 Å². The summed E-state index contributed by atoms with van der Waals surface area (Å²) in [5.41, 5.74) is 10.6. The summed E-state index contributed by atoms with van der Waals surface area (Å²) in [6.07, 6.45) is -0.0343. The molecule has 2 fully saturated rings. The zero-order valence-corrected chi connectivity index (χ0v) is 19.4. The summed E-state index contributed by atoms with van der Waals surface area (Å²) in [6, 6.07) is -4.05. The zero-order chi connectivity index (χ0) is 26.1. The summed E-state index contributed by atoms with van der Waals surface area (Å²) in [7, 11) is 0. The Hall–Kier alpha value is -3.91. The number of rotatable bonds is 7. The SMILES string of the molecule is CCC(=O)N1C[C@H]2C[C@H]1C(=O)N[C@@H](CCCN=C(N)N)C(=O)NCC(=O)N[C@@H](CC(=O)O)C(=O)N2. The molecule has 2 aliphatic heterocycles. The molecule has 0 aromatic carbocycles. The average molecular weight is 497 g/mol. The van der Waals surface area contributed by atoms with Gasteiger partial charge in [0.15, 0.2) is 5.96 Å². The first kappa shape index (κ1) is 27.3. The van der Waals surface area contributed by atoms with Crippen molar-refractivity contribution in [2.45, 2.75) is 63.2 Å². The predicted molar refractivity (Wildman–Crippen MR) is 121 cm³/mol. The Morgan fingerprint density at radius 1 is 1.06 bits per heavy atom. The molecule has 2 saturated heterocycles. The zero-order valence-electron chi connectivity index (χ0n) is 19.4. The fourth-order valence-corrected chi connectivity index (χ4v) is 3.93. The molecule has 0 saturated carbocycles. The number of aliphatic carboxylic acids is 1. The second-order valence-corrected chi connectivity index (χ2v) is 8.30. The number of hydrogen-bond donors (Lipinski definition) is 7. The number of carbonyl (C=O) groups is 6. The van der Waals surface area contributed by atoms with Gasteiger partial charge in [-0.15, -0.1) is 0 Å². The molecule has 4 atom stereocenters. The van der Waals surface area contributed by atoms with E-state index in [9.17, 15) is 28.8 Å². The number of fused-ring (bicyclic) bond motifs is 2. The van der Waals surface area contributed by atoms with Gasteiger partial charge in [-0.1, -0.05) is 6.92 Å². The summed E-state index contributed by atoms with van der Waals surface area (Å²) < 4.78 is 0. The van der Waals surface area contributed by atoms with Crippen molar-refractivity contribution < 1.29 is 33.9 Å². The number of carboxylic acid groups (broad SMARTS) is 1. The van der Waals surface area contributed by atoms with Crippen LogP contribution in [-0.4, -0.2) is 95.3 Å². The normalized spacial score (nSPS) is 25.5. The van der Waals surface area contributed by atoms with Crippen molar-refractivity contribution in [3.05, 3.63) is 0 Å². The van der Waals surface area contributed by atoms with Gasteiger partial charge in [0.25, 0.3) is 0 Å². The van der Waals surface area contributed by atoms with Gasteiger partial charge in [0, 0.05) is 25.6 Å². The van der Waals surface area contributed by atoms with E-state index in [4.69, 9.17) is 16.6 Å². The van der Waals surface area contributed by atoms with Gasteiger partial charge in [0.05, 0.1) is 13.0 Å². The Morgan fingerprint density at radius 2 is 1.77 bits per heavy atom. The number of aliphatic imine (C=N–C) groups is 1. The lowest BCUT2D eigenvalue weighted by Gasteiger charge is -2.26. The van der Waals surface area contributed by atoms with E-state index in [2.05, 4.69) is 26.3 Å². The van der Waals surface area contributed by atoms with Gasteiger partial charge in [-0.2, -0.15) is 0 Å². The van der Waals surface area contributed by atoms with E-state index >= 15 is 0 Å². The van der Waals surface area contributed by atoms with Crippen LogP contribution in [0.4, 0.5) is 0 Å². The van der Waals surface area contributed by atoms with Crippen LogP contribution in [0.1, 0.15) is 39.0 Å². The molecule has 0 aliphatic carbocycles. The van der Waals surface area contributed by atoms with Crippen molar-refractivity contribution in [1.29, 1.82) is 0 Å². The second-order valence-electron chi connectivity index (χ2n) is 8.30. The van der Waals surface area contributed by atoms with Gasteiger partial charge >= 0.3 is 5.97 Å². The third-order valence-corrected chi connectivity index (χ3v) is 5.60. The molecule has 15 heteroatoms. The Labute approximate surface area is 201 Å². The molecule has 2 aliphatic rings. The van der Waals surface area contributed by atoms with Crippen LogP contribution in [0, 0.1) is 0 Å². The van der Waals surface area contributed by atoms with E-state index in [1.54, 1.807) is 6.92 Å². The van der Waals surface area contributed by atoms with Gasteiger partial charge in [-0.3, -0.25) is 33.8 Å². The minimum atomic E-state index is -1.40. The van der Waals surface area contributed by atoms with E-state index in [1.807, 2.05) is 0 Å². The van der Waals surface area contributed by atoms with Crippen molar-refractivity contribution in [3.8, 4) is 0 Å². The van der Waals surface area contributed by atoms with Crippen molar-refractivity contribution in [3.63, 3.8) is 0 Å². The number of hydrogen-bond acceptors (Lipinski definition) is 7. The molecule has 0 aromatic rings. The van der Waals surface area contributed by atoms with Crippen LogP contribution in [0.2, 0.25) is 0 Å². The highest BCUT2D eigenvalue weighted by Gasteiger charge is 2.41. The van der Waals surface area contributed by atoms with Crippen LogP contribution in [-0.2, 0) is 28.8 Å². The molecule has 2 heterocycles. The molecule has 2 rings (SSSR count). The number of amides is 5. The lowest BCUT2D eigenvalue weighted by molar-refractivity contribution is -0.141. The second kappa shape index (κ2) is 12.5. The standard InChI is InChI=1S/C20H32N8O7/c1-2-15(30)28-9-10-6-13(28)19(35)27-11(4-3-5-23-20(21)22)17(33)24-8-14(29)26-12(7-16(31)32)18(34)25-10/h10-13H,2-9H2,1H3,(H,24,33)(H,25,34)(H,26,29)(H,27,35)(H,31,32)(H4,21,22,23)/t10-,11+,12+,13+/m1/s1. The summed E-state index contributed by atoms with van der Waals surface area (Å²) in [6.45, 7) is 1.31. The van der Waals surface area contributed by atoms with E-state index in [1.165, 1.54) is 4.90 Å². The molecule has 0 spiro atoms. The van der Waals surface area contributed by atoms with Crippen LogP contribution in [0.5, 0.6) is 0 Å². The Kier molecular flexibility index (Phi) is 9.78. The lowest BCUT2D eigenvalue weighted by Crippen LogP contribution is -2.55. The maximum absolute atomic E-state index is 13.1. The predicted octanol–water partition coefficient (Wildman–Crippen LogP) is -3.89. The number of carbonyl (C=O) groups excluding carboxylic acids is 5. The molecule has 0 aromatic heterocycles. The topological polar surface area (TPSA) is 238 Å². The number of nitrogens with zero attached hydrogens (tertiary/aromatic N) is 2. The van der Waals surface area contributed by atoms with Gasteiger partial charge in [0.1, 0.15) is 18.1 Å². The van der Waals surface area contributed by atoms with Crippen LogP contribution in [0.3, 0.4) is 0 Å². The van der Waals surface area contributed by atoms with Crippen molar-refractivity contribution >= 4 is 41.5 Å². The molecule has 35 heavy (non-hydrogen) atoms. The third kappa shape index (κ3) is 8.12. The largest absolute Gasteiger partial charge is 0.481 e. The average Bonchev–Trinajstić information content (AvgIpc) is 3.21. The number of carboxylic acids is 1. The number of likely N-dealkylation sites (tertiary alicyclic amines) is 1. The van der Waals surface area contributed by atoms with Gasteiger partial charge in [-0.05, 0) is 19.3 Å². The van der Waals surface area contributed by atoms with E-state index in [0.29, 0.717) is 6.42 Å². The summed E-state index contributed by atoms with van der Waals surface area (Å²) in [5, 5.41) is 19.1. The van der Waals surface area contributed by atoms with Gasteiger partial charge in [-0.25, -0.2) is 0 Å². The van der Waals surface area contributed by atoms with Gasteiger partial charge in [0.2, 0.25) is 29.5 Å². The highest BCUT2D eigenvalue weighted by Crippen LogP contribution is 2.20. The number of nitrogens with one attached hydrogen (secondary N) is 4. The first-order chi connectivity index (χ1) is 16.5. The number of guanidine groups is 1. The molecule has 0 radical (unpaired) electrons. The first-order valence-corrected chi connectivity index (χ1v) is 11.3. The van der Waals surface area contributed by atoms with Crippen LogP contribution >= 0.6 is 0 Å². The third-order valence-electron chi connectivity index (χ3n) is 5.60. The monoisotopic (exact) mass is 496 g/mol. The first-order valence-electron chi connectivity index (χ1n) is 11.3. The molecular formula is C20H32N8O7. The molecule has 9 N–H and O–H groups in total. The highest BCUT2D eigenvalue weighted by atomic mass is 16.4. The number of nitrogens with two attached hydrogens (primary N) is 2. The minimum absolute atomic E-state index is 0.0194. The van der Waals surface area contributed by atoms with Crippen molar-refractivity contribution in [1.82, 2.24) is 26.2 Å².